The Morgan fingerprint density at radius 1 is 1.15 bits per heavy atom. The van der Waals surface area contributed by atoms with Crippen LogP contribution in [0.4, 0.5) is 0 Å². The molecular formula is C11H22NO. The fourth-order valence-corrected chi connectivity index (χ4v) is 1.86. The summed E-state index contributed by atoms with van der Waals surface area (Å²) in [6, 6.07) is 0.806. The number of rotatable bonds is 6. The zero-order chi connectivity index (χ0) is 10.4. The van der Waals surface area contributed by atoms with E-state index in [0.29, 0.717) is 12.1 Å². The van der Waals surface area contributed by atoms with Gasteiger partial charge in [0.15, 0.2) is 0 Å². The van der Waals surface area contributed by atoms with Gasteiger partial charge < -0.3 is 0 Å². The molecule has 1 unspecified atom stereocenters. The third-order valence-electron chi connectivity index (χ3n) is 2.25. The molecule has 0 aromatic rings. The molecule has 0 heterocycles. The normalized spacial score (nSPS) is 14.2. The lowest BCUT2D eigenvalue weighted by atomic mass is 10.1. The van der Waals surface area contributed by atoms with Crippen LogP contribution < -0.4 is 0 Å². The molecule has 0 fully saturated rings. The van der Waals surface area contributed by atoms with Gasteiger partial charge in [0.1, 0.15) is 0 Å². The van der Waals surface area contributed by atoms with Crippen molar-refractivity contribution in [3.05, 3.63) is 0 Å². The fourth-order valence-electron chi connectivity index (χ4n) is 1.86. The van der Waals surface area contributed by atoms with Crippen molar-refractivity contribution in [2.45, 2.75) is 65.6 Å². The van der Waals surface area contributed by atoms with Crippen molar-refractivity contribution < 1.29 is 4.79 Å². The Morgan fingerprint density at radius 2 is 1.62 bits per heavy atom. The zero-order valence-electron chi connectivity index (χ0n) is 9.50. The minimum absolute atomic E-state index is 0.0231. The fraction of sp³-hybridized carbons (Fsp3) is 0.909. The molecule has 0 aliphatic heterocycles. The molecule has 0 saturated heterocycles. The van der Waals surface area contributed by atoms with Gasteiger partial charge in [-0.2, -0.15) is 0 Å². The second-order valence-corrected chi connectivity index (χ2v) is 4.06. The molecule has 13 heavy (non-hydrogen) atoms. The molecule has 0 aliphatic rings. The van der Waals surface area contributed by atoms with Crippen LogP contribution in [0.25, 0.3) is 0 Å². The first-order valence-corrected chi connectivity index (χ1v) is 5.19. The van der Waals surface area contributed by atoms with E-state index in [1.165, 1.54) is 0 Å². The topological polar surface area (TPSA) is 20.3 Å². The van der Waals surface area contributed by atoms with Crippen molar-refractivity contribution >= 4 is 6.29 Å². The average molecular weight is 184 g/mol. The second kappa shape index (κ2) is 6.14. The zero-order valence-corrected chi connectivity index (χ0v) is 9.50. The molecule has 0 amide bonds. The van der Waals surface area contributed by atoms with Gasteiger partial charge in [-0.05, 0) is 34.1 Å². The maximum Gasteiger partial charge on any atom is 0.217 e. The summed E-state index contributed by atoms with van der Waals surface area (Å²) in [5.74, 6) is 0. The van der Waals surface area contributed by atoms with E-state index in [9.17, 15) is 4.79 Å². The Labute approximate surface area is 82.3 Å². The average Bonchev–Trinajstić information content (AvgIpc) is 2.02. The van der Waals surface area contributed by atoms with Gasteiger partial charge in [0.05, 0.1) is 6.04 Å². The first kappa shape index (κ1) is 12.6. The third kappa shape index (κ3) is 3.90. The van der Waals surface area contributed by atoms with Crippen LogP contribution in [0.1, 0.15) is 47.5 Å². The minimum atomic E-state index is -0.0231. The molecule has 0 aliphatic carbocycles. The van der Waals surface area contributed by atoms with Crippen molar-refractivity contribution in [1.82, 2.24) is 4.90 Å². The molecule has 2 heteroatoms. The molecule has 0 spiro atoms. The van der Waals surface area contributed by atoms with E-state index in [2.05, 4.69) is 45.8 Å². The number of nitrogens with zero attached hydrogens (tertiary/aromatic N) is 1. The Bertz CT molecular complexity index is 135. The Balaban J connectivity index is 4.38. The highest BCUT2D eigenvalue weighted by atomic mass is 16.1. The van der Waals surface area contributed by atoms with Gasteiger partial charge >= 0.3 is 0 Å². The number of carbonyl (C=O) groups excluding carboxylic acids is 1. The predicted octanol–water partition coefficient (Wildman–Crippen LogP) is 2.38. The third-order valence-corrected chi connectivity index (χ3v) is 2.25. The Hall–Kier alpha value is -0.370. The SMILES string of the molecule is CCCC([C]=O)N(C(C)C)C(C)C. The van der Waals surface area contributed by atoms with E-state index in [4.69, 9.17) is 0 Å². The standard InChI is InChI=1S/C11H22NO/c1-6-7-11(8-13)12(9(2)3)10(4)5/h9-11H,6-7H2,1-5H3. The van der Waals surface area contributed by atoms with Crippen molar-refractivity contribution in [2.24, 2.45) is 0 Å². The molecule has 0 bridgehead atoms. The van der Waals surface area contributed by atoms with Crippen LogP contribution in [-0.2, 0) is 4.79 Å². The smallest absolute Gasteiger partial charge is 0.217 e. The highest BCUT2D eigenvalue weighted by Crippen LogP contribution is 2.13. The number of hydrogen-bond acceptors (Lipinski definition) is 2. The molecule has 1 radical (unpaired) electrons. The molecule has 0 saturated carbocycles. The van der Waals surface area contributed by atoms with Gasteiger partial charge in [-0.1, -0.05) is 13.3 Å². The summed E-state index contributed by atoms with van der Waals surface area (Å²) < 4.78 is 0. The molecule has 0 aromatic carbocycles. The molecule has 2 nitrogen and oxygen atoms in total. The van der Waals surface area contributed by atoms with Crippen molar-refractivity contribution in [2.75, 3.05) is 0 Å². The van der Waals surface area contributed by atoms with E-state index in [-0.39, 0.29) is 6.04 Å². The summed E-state index contributed by atoms with van der Waals surface area (Å²) in [5.41, 5.74) is 0. The van der Waals surface area contributed by atoms with Crippen LogP contribution in [0.15, 0.2) is 0 Å². The molecule has 1 atom stereocenters. The lowest BCUT2D eigenvalue weighted by molar-refractivity contribution is 0.140. The minimum Gasteiger partial charge on any atom is -0.289 e. The summed E-state index contributed by atoms with van der Waals surface area (Å²) in [5, 5.41) is 0. The van der Waals surface area contributed by atoms with E-state index >= 15 is 0 Å². The van der Waals surface area contributed by atoms with Gasteiger partial charge in [-0.15, -0.1) is 0 Å². The van der Waals surface area contributed by atoms with Crippen molar-refractivity contribution in [1.29, 1.82) is 0 Å². The maximum absolute atomic E-state index is 10.8. The Morgan fingerprint density at radius 3 is 1.85 bits per heavy atom. The summed E-state index contributed by atoms with van der Waals surface area (Å²) in [7, 11) is 0. The molecule has 0 aromatic heterocycles. The molecule has 77 valence electrons. The monoisotopic (exact) mass is 184 g/mol. The highest BCUT2D eigenvalue weighted by molar-refractivity contribution is 5.58. The van der Waals surface area contributed by atoms with Gasteiger partial charge in [0.25, 0.3) is 0 Å². The quantitative estimate of drug-likeness (QED) is 0.631. The van der Waals surface area contributed by atoms with E-state index < -0.39 is 0 Å². The van der Waals surface area contributed by atoms with Gasteiger partial charge in [0.2, 0.25) is 6.29 Å². The van der Waals surface area contributed by atoms with Crippen LogP contribution in [0.5, 0.6) is 0 Å². The second-order valence-electron chi connectivity index (χ2n) is 4.06. The van der Waals surface area contributed by atoms with E-state index in [1.54, 1.807) is 0 Å². The van der Waals surface area contributed by atoms with E-state index in [1.807, 2.05) is 0 Å². The van der Waals surface area contributed by atoms with Crippen LogP contribution in [0, 0.1) is 0 Å². The lowest BCUT2D eigenvalue weighted by Crippen LogP contribution is -2.45. The van der Waals surface area contributed by atoms with Crippen molar-refractivity contribution in [3.8, 4) is 0 Å². The lowest BCUT2D eigenvalue weighted by Gasteiger charge is -2.34. The molecule has 0 rings (SSSR count). The van der Waals surface area contributed by atoms with E-state index in [0.717, 1.165) is 12.8 Å². The summed E-state index contributed by atoms with van der Waals surface area (Å²) in [6.07, 6.45) is 4.10. The summed E-state index contributed by atoms with van der Waals surface area (Å²) in [4.78, 5) is 13.0. The van der Waals surface area contributed by atoms with Crippen LogP contribution in [-0.4, -0.2) is 29.3 Å². The van der Waals surface area contributed by atoms with Gasteiger partial charge in [-0.25, -0.2) is 0 Å². The molecule has 0 N–H and O–H groups in total. The van der Waals surface area contributed by atoms with Crippen LogP contribution >= 0.6 is 0 Å². The summed E-state index contributed by atoms with van der Waals surface area (Å²) >= 11 is 0. The Kier molecular flexibility index (Phi) is 5.97. The van der Waals surface area contributed by atoms with Crippen LogP contribution in [0.3, 0.4) is 0 Å². The highest BCUT2D eigenvalue weighted by Gasteiger charge is 2.22. The van der Waals surface area contributed by atoms with Gasteiger partial charge in [-0.3, -0.25) is 9.69 Å². The first-order valence-electron chi connectivity index (χ1n) is 5.19. The largest absolute Gasteiger partial charge is 0.289 e. The summed E-state index contributed by atoms with van der Waals surface area (Å²) in [6.45, 7) is 10.6. The van der Waals surface area contributed by atoms with Crippen LogP contribution in [0.2, 0.25) is 0 Å². The molecular weight excluding hydrogens is 162 g/mol. The van der Waals surface area contributed by atoms with Crippen molar-refractivity contribution in [3.63, 3.8) is 0 Å². The number of hydrogen-bond donors (Lipinski definition) is 0. The van der Waals surface area contributed by atoms with Gasteiger partial charge in [0, 0.05) is 12.1 Å². The predicted molar refractivity (Wildman–Crippen MR) is 56.5 cm³/mol. The maximum atomic E-state index is 10.8. The first-order chi connectivity index (χ1) is 6.04.